The molecule has 2 unspecified atom stereocenters. The number of nitro benzene ring substituents is 1. The second-order valence-corrected chi connectivity index (χ2v) is 9.64. The third kappa shape index (κ3) is 5.68. The van der Waals surface area contributed by atoms with Crippen molar-refractivity contribution in [3.05, 3.63) is 94.5 Å². The van der Waals surface area contributed by atoms with E-state index in [0.717, 1.165) is 30.6 Å². The van der Waals surface area contributed by atoms with Crippen LogP contribution >= 0.6 is 0 Å². The molecule has 2 heterocycles. The molecule has 204 valence electrons. The summed E-state index contributed by atoms with van der Waals surface area (Å²) in [7, 11) is 0. The van der Waals surface area contributed by atoms with Gasteiger partial charge in [-0.2, -0.15) is 20.1 Å². The number of hydrazone groups is 1. The Morgan fingerprint density at radius 2 is 1.57 bits per heavy atom. The number of benzene rings is 3. The summed E-state index contributed by atoms with van der Waals surface area (Å²) < 4.78 is 0. The lowest BCUT2D eigenvalue weighted by atomic mass is 9.98. The molecule has 1 fully saturated rings. The quantitative estimate of drug-likeness (QED) is 0.153. The number of hydrogen-bond donors (Lipinski definition) is 2. The van der Waals surface area contributed by atoms with Crippen molar-refractivity contribution in [1.29, 1.82) is 0 Å². The van der Waals surface area contributed by atoms with Crippen LogP contribution in [-0.4, -0.2) is 43.3 Å². The zero-order valence-electron chi connectivity index (χ0n) is 22.3. The molecule has 11 heteroatoms. The monoisotopic (exact) mass is 538 g/mol. The first-order valence-corrected chi connectivity index (χ1v) is 13.1. The molecule has 0 radical (unpaired) electrons. The van der Waals surface area contributed by atoms with Gasteiger partial charge in [0.05, 0.1) is 11.1 Å². The van der Waals surface area contributed by atoms with Crippen molar-refractivity contribution in [2.75, 3.05) is 15.2 Å². The maximum Gasteiger partial charge on any atom is 0.311 e. The summed E-state index contributed by atoms with van der Waals surface area (Å²) in [5.41, 5.74) is 4.39. The highest BCUT2D eigenvalue weighted by molar-refractivity contribution is 5.86. The SMILES string of the molecule is CC1CCCC(C)N1c1nc(NN=Cc2cccc([N+](=O)[O-])c2O)nc(N(c2ccccc2)c2ccccc2)n1. The van der Waals surface area contributed by atoms with E-state index >= 15 is 0 Å². The Morgan fingerprint density at radius 1 is 0.950 bits per heavy atom. The molecule has 2 atom stereocenters. The van der Waals surface area contributed by atoms with Gasteiger partial charge in [-0.3, -0.25) is 15.0 Å². The Bertz CT molecular complexity index is 1450. The van der Waals surface area contributed by atoms with Crippen molar-refractivity contribution < 1.29 is 10.0 Å². The zero-order chi connectivity index (χ0) is 28.1. The number of phenolic OH excluding ortho intramolecular Hbond substituents is 1. The molecular weight excluding hydrogens is 508 g/mol. The van der Waals surface area contributed by atoms with Crippen LogP contribution in [0.25, 0.3) is 0 Å². The highest BCUT2D eigenvalue weighted by Crippen LogP contribution is 2.35. The smallest absolute Gasteiger partial charge is 0.311 e. The molecule has 3 aromatic carbocycles. The Hall–Kier alpha value is -5.06. The molecule has 2 N–H and O–H groups in total. The van der Waals surface area contributed by atoms with E-state index in [1.54, 1.807) is 0 Å². The predicted molar refractivity (Wildman–Crippen MR) is 156 cm³/mol. The van der Waals surface area contributed by atoms with Crippen LogP contribution in [0.1, 0.15) is 38.7 Å². The van der Waals surface area contributed by atoms with E-state index in [4.69, 9.17) is 15.0 Å². The summed E-state index contributed by atoms with van der Waals surface area (Å²) in [4.78, 5) is 29.1. The molecule has 0 aliphatic carbocycles. The molecule has 0 bridgehead atoms. The molecule has 5 rings (SSSR count). The lowest BCUT2D eigenvalue weighted by molar-refractivity contribution is -0.385. The van der Waals surface area contributed by atoms with Crippen LogP contribution in [0.5, 0.6) is 5.75 Å². The Labute approximate surface area is 232 Å². The van der Waals surface area contributed by atoms with E-state index in [1.807, 2.05) is 65.6 Å². The maximum absolute atomic E-state index is 11.2. The van der Waals surface area contributed by atoms with E-state index in [9.17, 15) is 15.2 Å². The number of piperidine rings is 1. The van der Waals surface area contributed by atoms with E-state index in [2.05, 4.69) is 29.3 Å². The van der Waals surface area contributed by atoms with Gasteiger partial charge in [0, 0.05) is 35.1 Å². The highest BCUT2D eigenvalue weighted by atomic mass is 16.6. The summed E-state index contributed by atoms with van der Waals surface area (Å²) in [5, 5.41) is 25.7. The van der Waals surface area contributed by atoms with Gasteiger partial charge in [-0.25, -0.2) is 5.43 Å². The van der Waals surface area contributed by atoms with Gasteiger partial charge >= 0.3 is 5.69 Å². The first-order valence-electron chi connectivity index (χ1n) is 13.1. The number of para-hydroxylation sites is 3. The van der Waals surface area contributed by atoms with Crippen molar-refractivity contribution in [3.8, 4) is 5.75 Å². The van der Waals surface area contributed by atoms with Gasteiger partial charge < -0.3 is 10.0 Å². The fraction of sp³-hybridized carbons (Fsp3) is 0.241. The summed E-state index contributed by atoms with van der Waals surface area (Å²) in [6.45, 7) is 4.34. The summed E-state index contributed by atoms with van der Waals surface area (Å²) in [5.74, 6) is 0.661. The van der Waals surface area contributed by atoms with Crippen molar-refractivity contribution in [3.63, 3.8) is 0 Å². The Morgan fingerprint density at radius 3 is 2.17 bits per heavy atom. The standard InChI is InChI=1S/C29H30N8O3/c1-20-11-9-12-21(2)35(20)28-31-27(34-30-19-22-13-10-18-25(26(22)38)37(39)40)32-29(33-28)36(23-14-5-3-6-15-23)24-16-7-4-8-17-24/h3-8,10,13-21,38H,9,11-12H2,1-2H3,(H,31,32,33,34). The van der Waals surface area contributed by atoms with Crippen molar-refractivity contribution in [2.45, 2.75) is 45.2 Å². The summed E-state index contributed by atoms with van der Waals surface area (Å²) >= 11 is 0. The number of phenols is 1. The second kappa shape index (κ2) is 11.8. The van der Waals surface area contributed by atoms with Crippen LogP contribution in [0, 0.1) is 10.1 Å². The van der Waals surface area contributed by atoms with E-state index in [1.165, 1.54) is 24.4 Å². The topological polar surface area (TPSA) is 133 Å². The number of nitrogens with one attached hydrogen (secondary N) is 1. The Kier molecular flexibility index (Phi) is 7.81. The largest absolute Gasteiger partial charge is 0.502 e. The normalized spacial score (nSPS) is 17.1. The number of nitrogens with zero attached hydrogens (tertiary/aromatic N) is 7. The van der Waals surface area contributed by atoms with Crippen molar-refractivity contribution >= 4 is 41.1 Å². The Balaban J connectivity index is 1.58. The molecule has 1 saturated heterocycles. The maximum atomic E-state index is 11.2. The van der Waals surface area contributed by atoms with Gasteiger partial charge in [0.15, 0.2) is 0 Å². The highest BCUT2D eigenvalue weighted by Gasteiger charge is 2.29. The minimum atomic E-state index is -0.646. The molecule has 4 aromatic rings. The van der Waals surface area contributed by atoms with E-state index in [0.29, 0.717) is 11.9 Å². The van der Waals surface area contributed by atoms with Gasteiger partial charge in [-0.1, -0.05) is 42.5 Å². The number of nitro groups is 1. The average Bonchev–Trinajstić information content (AvgIpc) is 2.95. The number of anilines is 5. The molecular formula is C29H30N8O3. The summed E-state index contributed by atoms with van der Waals surface area (Å²) in [6.07, 6.45) is 4.49. The van der Waals surface area contributed by atoms with E-state index < -0.39 is 16.4 Å². The summed E-state index contributed by atoms with van der Waals surface area (Å²) in [6, 6.07) is 24.4. The number of aromatic nitrogens is 3. The van der Waals surface area contributed by atoms with Gasteiger partial charge in [0.25, 0.3) is 0 Å². The lowest BCUT2D eigenvalue weighted by Gasteiger charge is -2.39. The first kappa shape index (κ1) is 26.5. The fourth-order valence-electron chi connectivity index (χ4n) is 4.93. The minimum absolute atomic E-state index is 0.185. The third-order valence-corrected chi connectivity index (χ3v) is 6.88. The van der Waals surface area contributed by atoms with Crippen molar-refractivity contribution in [1.82, 2.24) is 15.0 Å². The van der Waals surface area contributed by atoms with Crippen LogP contribution < -0.4 is 15.2 Å². The molecule has 1 aliphatic heterocycles. The number of aromatic hydroxyl groups is 1. The van der Waals surface area contributed by atoms with Gasteiger partial charge in [-0.05, 0) is 63.4 Å². The molecule has 40 heavy (non-hydrogen) atoms. The molecule has 0 spiro atoms. The average molecular weight is 539 g/mol. The fourth-order valence-corrected chi connectivity index (χ4v) is 4.93. The molecule has 1 aliphatic rings. The third-order valence-electron chi connectivity index (χ3n) is 6.88. The van der Waals surface area contributed by atoms with E-state index in [-0.39, 0.29) is 23.6 Å². The van der Waals surface area contributed by atoms with Crippen molar-refractivity contribution in [2.24, 2.45) is 5.10 Å². The van der Waals surface area contributed by atoms with Gasteiger partial charge in [-0.15, -0.1) is 0 Å². The number of hydrogen-bond acceptors (Lipinski definition) is 10. The minimum Gasteiger partial charge on any atom is -0.502 e. The molecule has 0 saturated carbocycles. The molecule has 0 amide bonds. The van der Waals surface area contributed by atoms with Crippen LogP contribution in [0.3, 0.4) is 0 Å². The zero-order valence-corrected chi connectivity index (χ0v) is 22.3. The second-order valence-electron chi connectivity index (χ2n) is 9.64. The van der Waals surface area contributed by atoms with Crippen LogP contribution in [-0.2, 0) is 0 Å². The van der Waals surface area contributed by atoms with Crippen LogP contribution in [0.2, 0.25) is 0 Å². The van der Waals surface area contributed by atoms with Crippen LogP contribution in [0.15, 0.2) is 84.0 Å². The first-order chi connectivity index (χ1) is 19.4. The molecule has 1 aromatic heterocycles. The predicted octanol–water partition coefficient (Wildman–Crippen LogP) is 6.17. The van der Waals surface area contributed by atoms with Gasteiger partial charge in [0.2, 0.25) is 23.6 Å². The lowest BCUT2D eigenvalue weighted by Crippen LogP contribution is -2.45. The van der Waals surface area contributed by atoms with Gasteiger partial charge in [0.1, 0.15) is 0 Å². The number of rotatable bonds is 8. The molecule has 11 nitrogen and oxygen atoms in total. The van der Waals surface area contributed by atoms with Crippen LogP contribution in [0.4, 0.5) is 34.9 Å².